The highest BCUT2D eigenvalue weighted by molar-refractivity contribution is 5.93. The van der Waals surface area contributed by atoms with Crippen molar-refractivity contribution in [3.05, 3.63) is 41.9 Å². The minimum atomic E-state index is -0.0887. The topological polar surface area (TPSA) is 65.1 Å². The van der Waals surface area contributed by atoms with E-state index >= 15 is 0 Å². The molecule has 2 N–H and O–H groups in total. The number of nitrogens with one attached hydrogen (secondary N) is 2. The van der Waals surface area contributed by atoms with Crippen LogP contribution in [0, 0.1) is 6.92 Å². The van der Waals surface area contributed by atoms with Gasteiger partial charge in [-0.1, -0.05) is 0 Å². The van der Waals surface area contributed by atoms with Crippen LogP contribution in [0.1, 0.15) is 11.5 Å². The Labute approximate surface area is 136 Å². The fraction of sp³-hybridized carbons (Fsp3) is 0.353. The lowest BCUT2D eigenvalue weighted by Crippen LogP contribution is -3.08. The summed E-state index contributed by atoms with van der Waals surface area (Å²) in [5.74, 6) is 2.90. The van der Waals surface area contributed by atoms with Crippen LogP contribution in [0.25, 0.3) is 0 Å². The minimum absolute atomic E-state index is 0.0887. The van der Waals surface area contributed by atoms with E-state index < -0.39 is 0 Å². The quantitative estimate of drug-likeness (QED) is 0.806. The Hall–Kier alpha value is -2.47. The van der Waals surface area contributed by atoms with Crippen LogP contribution in [0.4, 0.5) is 5.69 Å². The number of hydrogen-bond donors (Lipinski definition) is 2. The highest BCUT2D eigenvalue weighted by atomic mass is 16.5. The van der Waals surface area contributed by atoms with Gasteiger partial charge in [0.1, 0.15) is 23.8 Å². The number of quaternary nitrogens is 1. The number of carbonyl (C=O) groups excluding carboxylic acids is 1. The molecule has 0 radical (unpaired) electrons. The van der Waals surface area contributed by atoms with Crippen LogP contribution in [0.5, 0.6) is 11.5 Å². The second kappa shape index (κ2) is 7.69. The summed E-state index contributed by atoms with van der Waals surface area (Å²) in [6, 6.07) is 9.13. The number of likely N-dealkylation sites (N-methyl/N-ethyl adjacent to an activating group) is 1. The molecule has 1 heterocycles. The van der Waals surface area contributed by atoms with Crippen molar-refractivity contribution in [1.82, 2.24) is 0 Å². The molecular formula is C17H23N2O4+. The van der Waals surface area contributed by atoms with Gasteiger partial charge < -0.3 is 24.1 Å². The lowest BCUT2D eigenvalue weighted by Gasteiger charge is -2.14. The molecule has 23 heavy (non-hydrogen) atoms. The summed E-state index contributed by atoms with van der Waals surface area (Å²) in [4.78, 5) is 13.2. The summed E-state index contributed by atoms with van der Waals surface area (Å²) in [6.45, 7) is 2.89. The van der Waals surface area contributed by atoms with E-state index in [2.05, 4.69) is 5.32 Å². The Morgan fingerprint density at radius 3 is 2.61 bits per heavy atom. The predicted molar refractivity (Wildman–Crippen MR) is 87.1 cm³/mol. The van der Waals surface area contributed by atoms with Crippen molar-refractivity contribution in [2.24, 2.45) is 0 Å². The summed E-state index contributed by atoms with van der Waals surface area (Å²) < 4.78 is 15.9. The maximum absolute atomic E-state index is 12.2. The zero-order valence-electron chi connectivity index (χ0n) is 13.9. The number of aryl methyl sites for hydroxylation is 1. The highest BCUT2D eigenvalue weighted by Gasteiger charge is 2.14. The van der Waals surface area contributed by atoms with Gasteiger partial charge in [-0.3, -0.25) is 4.79 Å². The highest BCUT2D eigenvalue weighted by Crippen LogP contribution is 2.28. The fourth-order valence-corrected chi connectivity index (χ4v) is 2.31. The van der Waals surface area contributed by atoms with Crippen molar-refractivity contribution in [2.45, 2.75) is 13.5 Å². The molecule has 0 spiro atoms. The number of hydrogen-bond acceptors (Lipinski definition) is 4. The standard InChI is InChI=1S/C17H22N2O4/c1-12-5-6-14(23-12)10-19(2)11-17(20)18-15-8-7-13(21-3)9-16(15)22-4/h5-9H,10-11H2,1-4H3,(H,18,20)/p+1. The Morgan fingerprint density at radius 2 is 2.00 bits per heavy atom. The Balaban J connectivity index is 1.93. The number of anilines is 1. The molecule has 124 valence electrons. The summed E-state index contributed by atoms with van der Waals surface area (Å²) in [5, 5.41) is 2.86. The molecule has 1 unspecified atom stereocenters. The predicted octanol–water partition coefficient (Wildman–Crippen LogP) is 1.26. The van der Waals surface area contributed by atoms with Gasteiger partial charge in [0, 0.05) is 6.07 Å². The first-order chi connectivity index (χ1) is 11.0. The Kier molecular flexibility index (Phi) is 5.65. The van der Waals surface area contributed by atoms with Crippen LogP contribution in [0.2, 0.25) is 0 Å². The lowest BCUT2D eigenvalue weighted by atomic mass is 10.2. The summed E-state index contributed by atoms with van der Waals surface area (Å²) >= 11 is 0. The van der Waals surface area contributed by atoms with Crippen molar-refractivity contribution < 1.29 is 23.6 Å². The molecule has 2 rings (SSSR count). The van der Waals surface area contributed by atoms with Crippen LogP contribution in [-0.2, 0) is 11.3 Å². The van der Waals surface area contributed by atoms with Crippen molar-refractivity contribution in [3.8, 4) is 11.5 Å². The van der Waals surface area contributed by atoms with Crippen molar-refractivity contribution in [3.63, 3.8) is 0 Å². The number of methoxy groups -OCH3 is 2. The van der Waals surface area contributed by atoms with E-state index in [1.165, 1.54) is 0 Å². The van der Waals surface area contributed by atoms with Gasteiger partial charge in [-0.25, -0.2) is 0 Å². The molecule has 0 saturated carbocycles. The van der Waals surface area contributed by atoms with Gasteiger partial charge in [-0.2, -0.15) is 0 Å². The monoisotopic (exact) mass is 319 g/mol. The second-order valence-electron chi connectivity index (χ2n) is 5.44. The lowest BCUT2D eigenvalue weighted by molar-refractivity contribution is -0.886. The molecule has 0 aliphatic carbocycles. The van der Waals surface area contributed by atoms with Crippen LogP contribution < -0.4 is 19.7 Å². The molecular weight excluding hydrogens is 296 g/mol. The summed E-state index contributed by atoms with van der Waals surface area (Å²) in [7, 11) is 5.09. The van der Waals surface area contributed by atoms with E-state index in [4.69, 9.17) is 13.9 Å². The molecule has 6 heteroatoms. The molecule has 0 aliphatic rings. The third kappa shape index (κ3) is 4.75. The van der Waals surface area contributed by atoms with Crippen molar-refractivity contribution in [2.75, 3.05) is 33.1 Å². The second-order valence-corrected chi connectivity index (χ2v) is 5.44. The number of amides is 1. The Bertz CT molecular complexity index is 666. The number of rotatable bonds is 7. The summed E-state index contributed by atoms with van der Waals surface area (Å²) in [6.07, 6.45) is 0. The number of ether oxygens (including phenoxy) is 2. The summed E-state index contributed by atoms with van der Waals surface area (Å²) in [5.41, 5.74) is 0.625. The fourth-order valence-electron chi connectivity index (χ4n) is 2.31. The molecule has 1 aromatic heterocycles. The van der Waals surface area contributed by atoms with E-state index in [0.29, 0.717) is 30.3 Å². The molecule has 1 amide bonds. The molecule has 0 saturated heterocycles. The van der Waals surface area contributed by atoms with E-state index in [-0.39, 0.29) is 5.91 Å². The van der Waals surface area contributed by atoms with E-state index in [0.717, 1.165) is 16.4 Å². The first kappa shape index (κ1) is 16.9. The zero-order valence-corrected chi connectivity index (χ0v) is 13.9. The third-order valence-corrected chi connectivity index (χ3v) is 3.42. The van der Waals surface area contributed by atoms with Crippen LogP contribution in [-0.4, -0.2) is 33.7 Å². The van der Waals surface area contributed by atoms with Crippen molar-refractivity contribution >= 4 is 11.6 Å². The van der Waals surface area contributed by atoms with E-state index in [1.54, 1.807) is 32.4 Å². The first-order valence-corrected chi connectivity index (χ1v) is 7.40. The largest absolute Gasteiger partial charge is 0.497 e. The van der Waals surface area contributed by atoms with Crippen LogP contribution >= 0.6 is 0 Å². The van der Waals surface area contributed by atoms with Gasteiger partial charge in [-0.05, 0) is 31.2 Å². The number of benzene rings is 1. The molecule has 6 nitrogen and oxygen atoms in total. The Morgan fingerprint density at radius 1 is 1.22 bits per heavy atom. The van der Waals surface area contributed by atoms with Gasteiger partial charge >= 0.3 is 0 Å². The van der Waals surface area contributed by atoms with Crippen LogP contribution in [0.3, 0.4) is 0 Å². The smallest absolute Gasteiger partial charge is 0.279 e. The van der Waals surface area contributed by atoms with Gasteiger partial charge in [0.15, 0.2) is 12.3 Å². The first-order valence-electron chi connectivity index (χ1n) is 7.40. The SMILES string of the molecule is COc1ccc(NC(=O)C[NH+](C)Cc2ccc(C)o2)c(OC)c1. The average Bonchev–Trinajstić information content (AvgIpc) is 2.92. The number of furan rings is 1. The van der Waals surface area contributed by atoms with E-state index in [9.17, 15) is 4.79 Å². The molecule has 1 atom stereocenters. The number of carbonyl (C=O) groups is 1. The maximum atomic E-state index is 12.2. The molecule has 0 bridgehead atoms. The van der Waals surface area contributed by atoms with Gasteiger partial charge in [0.2, 0.25) is 0 Å². The molecule has 1 aromatic carbocycles. The zero-order chi connectivity index (χ0) is 16.8. The minimum Gasteiger partial charge on any atom is -0.497 e. The van der Waals surface area contributed by atoms with Gasteiger partial charge in [-0.15, -0.1) is 0 Å². The third-order valence-electron chi connectivity index (χ3n) is 3.42. The molecule has 2 aromatic rings. The van der Waals surface area contributed by atoms with Crippen LogP contribution in [0.15, 0.2) is 34.7 Å². The molecule has 0 fully saturated rings. The normalized spacial score (nSPS) is 11.8. The van der Waals surface area contributed by atoms with Gasteiger partial charge in [0.05, 0.1) is 27.0 Å². The average molecular weight is 319 g/mol. The maximum Gasteiger partial charge on any atom is 0.279 e. The van der Waals surface area contributed by atoms with Crippen molar-refractivity contribution in [1.29, 1.82) is 0 Å². The van der Waals surface area contributed by atoms with Gasteiger partial charge in [0.25, 0.3) is 5.91 Å². The van der Waals surface area contributed by atoms with E-state index in [1.807, 2.05) is 26.1 Å². The molecule has 0 aliphatic heterocycles.